The van der Waals surface area contributed by atoms with E-state index in [1.807, 2.05) is 22.9 Å². The summed E-state index contributed by atoms with van der Waals surface area (Å²) in [6.45, 7) is 0.616. The fourth-order valence-electron chi connectivity index (χ4n) is 1.79. The van der Waals surface area contributed by atoms with Crippen LogP contribution in [-0.4, -0.2) is 14.5 Å². The van der Waals surface area contributed by atoms with Crippen LogP contribution in [0.2, 0.25) is 5.28 Å². The molecule has 0 spiro atoms. The maximum Gasteiger partial charge on any atom is 0.235 e. The van der Waals surface area contributed by atoms with Crippen molar-refractivity contribution in [1.82, 2.24) is 14.5 Å². The monoisotopic (exact) mass is 277 g/mol. The Hall–Kier alpha value is -1.72. The summed E-state index contributed by atoms with van der Waals surface area (Å²) in [6, 6.07) is 5.52. The Balaban J connectivity index is 2.00. The van der Waals surface area contributed by atoms with E-state index >= 15 is 0 Å². The van der Waals surface area contributed by atoms with E-state index in [0.717, 1.165) is 16.1 Å². The number of hydrogen-bond donors (Lipinski definition) is 0. The SMILES string of the molecule is O=c1cc2n(Cc3cnc(Cl)nc3)cccc-2s1. The highest BCUT2D eigenvalue weighted by molar-refractivity contribution is 7.13. The highest BCUT2D eigenvalue weighted by atomic mass is 35.5. The Bertz CT molecular complexity index is 704. The van der Waals surface area contributed by atoms with E-state index in [-0.39, 0.29) is 10.0 Å². The Morgan fingerprint density at radius 1 is 1.33 bits per heavy atom. The zero-order chi connectivity index (χ0) is 12.5. The van der Waals surface area contributed by atoms with E-state index < -0.39 is 0 Å². The van der Waals surface area contributed by atoms with Gasteiger partial charge in [-0.05, 0) is 23.7 Å². The second-order valence-corrected chi connectivity index (χ2v) is 5.20. The van der Waals surface area contributed by atoms with Crippen molar-refractivity contribution in [3.63, 3.8) is 0 Å². The van der Waals surface area contributed by atoms with Crippen molar-refractivity contribution in [2.24, 2.45) is 0 Å². The molecule has 2 aliphatic rings. The third-order valence-corrected chi connectivity index (χ3v) is 3.65. The van der Waals surface area contributed by atoms with Crippen molar-refractivity contribution in [3.05, 3.63) is 57.2 Å². The fourth-order valence-corrected chi connectivity index (χ4v) is 2.70. The molecule has 0 saturated heterocycles. The average molecular weight is 278 g/mol. The molecule has 0 amide bonds. The summed E-state index contributed by atoms with van der Waals surface area (Å²) in [7, 11) is 0. The molecule has 0 aromatic carbocycles. The minimum Gasteiger partial charge on any atom is -0.342 e. The first kappa shape index (κ1) is 11.4. The average Bonchev–Trinajstić information content (AvgIpc) is 2.73. The van der Waals surface area contributed by atoms with Crippen molar-refractivity contribution in [1.29, 1.82) is 0 Å². The van der Waals surface area contributed by atoms with Crippen LogP contribution in [0.25, 0.3) is 10.6 Å². The van der Waals surface area contributed by atoms with Crippen molar-refractivity contribution in [2.75, 3.05) is 0 Å². The first-order chi connectivity index (χ1) is 8.72. The molecule has 4 nitrogen and oxygen atoms in total. The quantitative estimate of drug-likeness (QED) is 0.676. The molecule has 3 heterocycles. The lowest BCUT2D eigenvalue weighted by Gasteiger charge is -2.11. The van der Waals surface area contributed by atoms with Crippen LogP contribution in [0.15, 0.2) is 41.6 Å². The minimum absolute atomic E-state index is 0.0670. The molecular formula is C12H8ClN3OS. The van der Waals surface area contributed by atoms with E-state index in [4.69, 9.17) is 11.6 Å². The Kier molecular flexibility index (Phi) is 2.85. The molecule has 3 rings (SSSR count). The summed E-state index contributed by atoms with van der Waals surface area (Å²) in [5.74, 6) is 0. The molecule has 0 N–H and O–H groups in total. The zero-order valence-corrected chi connectivity index (χ0v) is 10.8. The number of thiophene rings is 1. The summed E-state index contributed by atoms with van der Waals surface area (Å²) in [5.41, 5.74) is 1.87. The largest absolute Gasteiger partial charge is 0.342 e. The van der Waals surface area contributed by atoms with Gasteiger partial charge in [0.2, 0.25) is 10.0 Å². The Morgan fingerprint density at radius 3 is 2.89 bits per heavy atom. The van der Waals surface area contributed by atoms with Gasteiger partial charge in [-0.3, -0.25) is 4.79 Å². The minimum atomic E-state index is 0.0670. The van der Waals surface area contributed by atoms with Gasteiger partial charge >= 0.3 is 0 Å². The molecule has 6 heteroatoms. The molecule has 0 bridgehead atoms. The molecule has 0 aliphatic carbocycles. The van der Waals surface area contributed by atoms with Crippen LogP contribution in [0.3, 0.4) is 0 Å². The number of aromatic nitrogens is 3. The summed E-state index contributed by atoms with van der Waals surface area (Å²) >= 11 is 6.89. The van der Waals surface area contributed by atoms with Crippen molar-refractivity contribution in [3.8, 4) is 10.6 Å². The molecule has 0 radical (unpaired) electrons. The highest BCUT2D eigenvalue weighted by Crippen LogP contribution is 2.24. The first-order valence-electron chi connectivity index (χ1n) is 5.28. The number of nitrogens with zero attached hydrogens (tertiary/aromatic N) is 3. The normalized spacial score (nSPS) is 10.9. The van der Waals surface area contributed by atoms with Crippen LogP contribution in [-0.2, 0) is 6.54 Å². The number of fused-ring (bicyclic) bond motifs is 1. The molecule has 1 aromatic rings. The lowest BCUT2D eigenvalue weighted by Crippen LogP contribution is -2.04. The van der Waals surface area contributed by atoms with E-state index in [2.05, 4.69) is 9.97 Å². The molecule has 0 atom stereocenters. The van der Waals surface area contributed by atoms with E-state index in [1.165, 1.54) is 11.3 Å². The van der Waals surface area contributed by atoms with Crippen LogP contribution in [0.5, 0.6) is 0 Å². The van der Waals surface area contributed by atoms with Gasteiger partial charge in [0.1, 0.15) is 0 Å². The van der Waals surface area contributed by atoms with E-state index in [9.17, 15) is 4.79 Å². The van der Waals surface area contributed by atoms with Crippen molar-refractivity contribution < 1.29 is 0 Å². The maximum absolute atomic E-state index is 11.4. The van der Waals surface area contributed by atoms with Gasteiger partial charge in [-0.1, -0.05) is 11.3 Å². The topological polar surface area (TPSA) is 47.8 Å². The molecular weight excluding hydrogens is 270 g/mol. The molecule has 0 unspecified atom stereocenters. The second-order valence-electron chi connectivity index (χ2n) is 3.81. The lowest BCUT2D eigenvalue weighted by atomic mass is 10.2. The third kappa shape index (κ3) is 2.14. The molecule has 0 fully saturated rings. The predicted molar refractivity (Wildman–Crippen MR) is 71.3 cm³/mol. The van der Waals surface area contributed by atoms with Crippen LogP contribution >= 0.6 is 22.9 Å². The van der Waals surface area contributed by atoms with Gasteiger partial charge in [0.15, 0.2) is 0 Å². The summed E-state index contributed by atoms with van der Waals surface area (Å²) in [4.78, 5) is 20.3. The molecule has 90 valence electrons. The molecule has 0 saturated carbocycles. The smallest absolute Gasteiger partial charge is 0.235 e. The lowest BCUT2D eigenvalue weighted by molar-refractivity contribution is 0.791. The van der Waals surface area contributed by atoms with E-state index in [1.54, 1.807) is 18.5 Å². The Morgan fingerprint density at radius 2 is 2.11 bits per heavy atom. The molecule has 18 heavy (non-hydrogen) atoms. The Labute approximate surface area is 112 Å². The van der Waals surface area contributed by atoms with Crippen LogP contribution in [0.4, 0.5) is 0 Å². The maximum atomic E-state index is 11.4. The third-order valence-electron chi connectivity index (χ3n) is 2.57. The number of hydrogen-bond acceptors (Lipinski definition) is 4. The molecule has 2 aliphatic heterocycles. The van der Waals surface area contributed by atoms with E-state index in [0.29, 0.717) is 6.54 Å². The van der Waals surface area contributed by atoms with Crippen LogP contribution < -0.4 is 4.74 Å². The number of halogens is 1. The van der Waals surface area contributed by atoms with Crippen molar-refractivity contribution >= 4 is 22.9 Å². The van der Waals surface area contributed by atoms with Gasteiger partial charge in [-0.15, -0.1) is 0 Å². The standard InChI is InChI=1S/C12H8ClN3OS/c13-12-14-5-8(6-15-12)7-16-3-1-2-10-9(16)4-11(17)18-10/h1-6H,7H2. The van der Waals surface area contributed by atoms with Gasteiger partial charge < -0.3 is 4.57 Å². The van der Waals surface area contributed by atoms with Crippen LogP contribution in [0.1, 0.15) is 5.56 Å². The molecule has 1 aromatic heterocycles. The number of rotatable bonds is 2. The first-order valence-corrected chi connectivity index (χ1v) is 6.47. The highest BCUT2D eigenvalue weighted by Gasteiger charge is 2.10. The summed E-state index contributed by atoms with van der Waals surface area (Å²) < 4.78 is 2.07. The number of pyridine rings is 1. The predicted octanol–water partition coefficient (Wildman–Crippen LogP) is 2.51. The fraction of sp³-hybridized carbons (Fsp3) is 0.0833. The van der Waals surface area contributed by atoms with Gasteiger partial charge in [-0.2, -0.15) is 0 Å². The summed E-state index contributed by atoms with van der Waals surface area (Å²) in [5, 5.41) is 0.235. The zero-order valence-electron chi connectivity index (χ0n) is 9.21. The van der Waals surface area contributed by atoms with Gasteiger partial charge in [0, 0.05) is 30.2 Å². The van der Waals surface area contributed by atoms with Crippen LogP contribution in [0, 0.1) is 0 Å². The van der Waals surface area contributed by atoms with Gasteiger partial charge in [0.05, 0.1) is 17.1 Å². The van der Waals surface area contributed by atoms with Crippen molar-refractivity contribution in [2.45, 2.75) is 6.54 Å². The van der Waals surface area contributed by atoms with Gasteiger partial charge in [-0.25, -0.2) is 9.97 Å². The second kappa shape index (κ2) is 4.51. The van der Waals surface area contributed by atoms with Gasteiger partial charge in [0.25, 0.3) is 0 Å². The summed E-state index contributed by atoms with van der Waals surface area (Å²) in [6.07, 6.45) is 5.31.